The molecule has 5 N–H and O–H groups in total. The number of likely N-dealkylation sites (N-methyl/N-ethyl adjacent to an activating group) is 2. The standard InChI is InChI=1S/C23H43FN6O3/c1-23(2,3)20(22(33)29-12-16(31)11-19(29)21(32)26-5)30-13-18(27-28-30)17(25-4)10-14-6-8-15(24)9-7-14/h14-20,25,27-28,31H,6-13H2,1-5H3,(H,26,32). The summed E-state index contributed by atoms with van der Waals surface area (Å²) in [6.07, 6.45) is 2.99. The van der Waals surface area contributed by atoms with Crippen molar-refractivity contribution in [3.63, 3.8) is 0 Å². The van der Waals surface area contributed by atoms with E-state index < -0.39 is 29.8 Å². The molecule has 9 nitrogen and oxygen atoms in total. The molecule has 1 aliphatic carbocycles. The second kappa shape index (κ2) is 10.9. The van der Waals surface area contributed by atoms with Crippen molar-refractivity contribution in [2.45, 2.75) is 95.7 Å². The number of likely N-dealkylation sites (tertiary alicyclic amines) is 1. The first-order chi connectivity index (χ1) is 15.5. The molecule has 3 rings (SSSR count). The Balaban J connectivity index is 1.69. The van der Waals surface area contributed by atoms with Crippen LogP contribution in [0.15, 0.2) is 0 Å². The summed E-state index contributed by atoms with van der Waals surface area (Å²) in [6.45, 7) is 6.80. The lowest BCUT2D eigenvalue weighted by atomic mass is 9.82. The van der Waals surface area contributed by atoms with Gasteiger partial charge in [0, 0.05) is 32.6 Å². The van der Waals surface area contributed by atoms with E-state index in [9.17, 15) is 19.1 Å². The number of hydrazine groups is 2. The van der Waals surface area contributed by atoms with Crippen LogP contribution in [-0.2, 0) is 9.59 Å². The number of nitrogens with one attached hydrogen (secondary N) is 4. The van der Waals surface area contributed by atoms with E-state index in [2.05, 4.69) is 21.6 Å². The van der Waals surface area contributed by atoms with Gasteiger partial charge in [-0.05, 0) is 50.5 Å². The summed E-state index contributed by atoms with van der Waals surface area (Å²) in [5.41, 5.74) is 6.16. The number of nitrogens with zero attached hydrogens (tertiary/aromatic N) is 2. The van der Waals surface area contributed by atoms with Gasteiger partial charge in [0.1, 0.15) is 18.3 Å². The Morgan fingerprint density at radius 3 is 2.39 bits per heavy atom. The third kappa shape index (κ3) is 6.22. The van der Waals surface area contributed by atoms with E-state index in [1.807, 2.05) is 32.8 Å². The van der Waals surface area contributed by atoms with Crippen molar-refractivity contribution < 1.29 is 19.1 Å². The molecule has 5 atom stereocenters. The molecule has 33 heavy (non-hydrogen) atoms. The Hall–Kier alpha value is -1.33. The Morgan fingerprint density at radius 1 is 1.15 bits per heavy atom. The highest BCUT2D eigenvalue weighted by Gasteiger charge is 2.48. The molecule has 2 saturated heterocycles. The maximum Gasteiger partial charge on any atom is 0.242 e. The quantitative estimate of drug-likeness (QED) is 0.364. The third-order valence-corrected chi connectivity index (χ3v) is 7.48. The zero-order valence-corrected chi connectivity index (χ0v) is 20.7. The molecule has 2 heterocycles. The normalized spacial score (nSPS) is 33.2. The van der Waals surface area contributed by atoms with Crippen LogP contribution in [-0.4, -0.2) is 90.5 Å². The Bertz CT molecular complexity index is 682. The minimum Gasteiger partial charge on any atom is -0.391 e. The van der Waals surface area contributed by atoms with Gasteiger partial charge in [-0.2, -0.15) is 5.53 Å². The maximum absolute atomic E-state index is 13.7. The number of carbonyl (C=O) groups is 2. The van der Waals surface area contributed by atoms with Crippen LogP contribution in [0.25, 0.3) is 0 Å². The lowest BCUT2D eigenvalue weighted by Crippen LogP contribution is -2.60. The van der Waals surface area contributed by atoms with E-state index in [0.29, 0.717) is 25.3 Å². The highest BCUT2D eigenvalue weighted by atomic mass is 19.1. The van der Waals surface area contributed by atoms with Gasteiger partial charge in [0.25, 0.3) is 0 Å². The maximum atomic E-state index is 13.7. The molecular formula is C23H43FN6O3. The number of aliphatic hydroxyl groups is 1. The van der Waals surface area contributed by atoms with Crippen LogP contribution in [0.5, 0.6) is 0 Å². The molecule has 0 bridgehead atoms. The summed E-state index contributed by atoms with van der Waals surface area (Å²) in [7, 11) is 3.49. The van der Waals surface area contributed by atoms with Gasteiger partial charge in [-0.15, -0.1) is 0 Å². The zero-order valence-electron chi connectivity index (χ0n) is 20.7. The average molecular weight is 471 g/mol. The third-order valence-electron chi connectivity index (χ3n) is 7.48. The molecule has 0 aromatic carbocycles. The van der Waals surface area contributed by atoms with Crippen LogP contribution in [0.4, 0.5) is 4.39 Å². The predicted octanol–water partition coefficient (Wildman–Crippen LogP) is 0.309. The summed E-state index contributed by atoms with van der Waals surface area (Å²) >= 11 is 0. The molecule has 0 spiro atoms. The minimum absolute atomic E-state index is 0.0784. The van der Waals surface area contributed by atoms with E-state index in [1.54, 1.807) is 7.05 Å². The van der Waals surface area contributed by atoms with Crippen molar-refractivity contribution in [2.75, 3.05) is 27.2 Å². The lowest BCUT2D eigenvalue weighted by Gasteiger charge is -2.39. The topological polar surface area (TPSA) is 109 Å². The fourth-order valence-electron chi connectivity index (χ4n) is 5.67. The van der Waals surface area contributed by atoms with Crippen molar-refractivity contribution in [3.8, 4) is 0 Å². The highest BCUT2D eigenvalue weighted by molar-refractivity contribution is 5.90. The summed E-state index contributed by atoms with van der Waals surface area (Å²) in [6, 6.07) is -0.919. The molecule has 190 valence electrons. The van der Waals surface area contributed by atoms with Gasteiger partial charge in [-0.1, -0.05) is 20.8 Å². The fraction of sp³-hybridized carbons (Fsp3) is 0.913. The Morgan fingerprint density at radius 2 is 1.82 bits per heavy atom. The Kier molecular flexibility index (Phi) is 8.71. The van der Waals surface area contributed by atoms with Crippen LogP contribution in [0.3, 0.4) is 0 Å². The monoisotopic (exact) mass is 470 g/mol. The van der Waals surface area contributed by atoms with Gasteiger partial charge in [0.05, 0.1) is 12.1 Å². The van der Waals surface area contributed by atoms with Crippen molar-refractivity contribution >= 4 is 11.8 Å². The van der Waals surface area contributed by atoms with Crippen LogP contribution in [0.2, 0.25) is 0 Å². The van der Waals surface area contributed by atoms with Gasteiger partial charge < -0.3 is 20.6 Å². The number of hydrogen-bond acceptors (Lipinski definition) is 7. The van der Waals surface area contributed by atoms with Crippen molar-refractivity contribution in [3.05, 3.63) is 0 Å². The number of rotatable bonds is 7. The summed E-state index contributed by atoms with van der Waals surface area (Å²) < 4.78 is 13.5. The first kappa shape index (κ1) is 26.3. The largest absolute Gasteiger partial charge is 0.391 e. The Labute approximate surface area is 197 Å². The summed E-state index contributed by atoms with van der Waals surface area (Å²) in [4.78, 5) is 27.6. The molecule has 3 fully saturated rings. The number of carbonyl (C=O) groups excluding carboxylic acids is 2. The predicted molar refractivity (Wildman–Crippen MR) is 125 cm³/mol. The molecule has 5 unspecified atom stereocenters. The van der Waals surface area contributed by atoms with Crippen LogP contribution >= 0.6 is 0 Å². The first-order valence-electron chi connectivity index (χ1n) is 12.3. The van der Waals surface area contributed by atoms with Gasteiger partial charge in [-0.25, -0.2) is 14.8 Å². The smallest absolute Gasteiger partial charge is 0.242 e. The van der Waals surface area contributed by atoms with E-state index in [-0.39, 0.29) is 36.9 Å². The van der Waals surface area contributed by atoms with Crippen molar-refractivity contribution in [2.24, 2.45) is 11.3 Å². The van der Waals surface area contributed by atoms with E-state index >= 15 is 0 Å². The SMILES string of the molecule is CNC(=O)C1CC(O)CN1C(=O)C(N1CC(C(CC2CCC(F)CC2)NC)NN1)C(C)(C)C. The highest BCUT2D eigenvalue weighted by Crippen LogP contribution is 2.32. The van der Waals surface area contributed by atoms with Crippen LogP contribution < -0.4 is 21.6 Å². The number of alkyl halides is 1. The molecule has 10 heteroatoms. The van der Waals surface area contributed by atoms with Gasteiger partial charge in [0.2, 0.25) is 11.8 Å². The molecule has 2 amide bonds. The van der Waals surface area contributed by atoms with Crippen LogP contribution in [0.1, 0.15) is 59.3 Å². The molecule has 0 radical (unpaired) electrons. The molecule has 3 aliphatic rings. The van der Waals surface area contributed by atoms with Crippen LogP contribution in [0, 0.1) is 11.3 Å². The molecule has 2 aliphatic heterocycles. The molecule has 0 aromatic heterocycles. The fourth-order valence-corrected chi connectivity index (χ4v) is 5.67. The van der Waals surface area contributed by atoms with Gasteiger partial charge in [-0.3, -0.25) is 9.59 Å². The second-order valence-electron chi connectivity index (χ2n) is 11.0. The van der Waals surface area contributed by atoms with Crippen molar-refractivity contribution in [1.29, 1.82) is 0 Å². The van der Waals surface area contributed by atoms with Gasteiger partial charge in [0.15, 0.2) is 0 Å². The number of halogens is 1. The second-order valence-corrected chi connectivity index (χ2v) is 11.0. The van der Waals surface area contributed by atoms with E-state index in [1.165, 1.54) is 4.90 Å². The summed E-state index contributed by atoms with van der Waals surface area (Å²) in [5.74, 6) is 0.0887. The summed E-state index contributed by atoms with van der Waals surface area (Å²) in [5, 5.41) is 18.1. The lowest BCUT2D eigenvalue weighted by molar-refractivity contribution is -0.147. The van der Waals surface area contributed by atoms with Crippen molar-refractivity contribution in [1.82, 2.24) is 31.5 Å². The molecule has 0 aromatic rings. The molecule has 1 saturated carbocycles. The number of β-amino-alcohol motifs (C(OH)–C–C–N with tert-alkyl or cyclic N) is 1. The van der Waals surface area contributed by atoms with Gasteiger partial charge >= 0.3 is 0 Å². The number of hydrogen-bond donors (Lipinski definition) is 5. The number of amides is 2. The number of aliphatic hydroxyl groups excluding tert-OH is 1. The average Bonchev–Trinajstić information content (AvgIpc) is 3.38. The zero-order chi connectivity index (χ0) is 24.3. The van der Waals surface area contributed by atoms with E-state index in [4.69, 9.17) is 0 Å². The minimum atomic E-state index is -0.706. The van der Waals surface area contributed by atoms with E-state index in [0.717, 1.165) is 19.3 Å². The molecular weight excluding hydrogens is 427 g/mol. The first-order valence-corrected chi connectivity index (χ1v) is 12.3.